The van der Waals surface area contributed by atoms with Gasteiger partial charge in [-0.2, -0.15) is 0 Å². The van der Waals surface area contributed by atoms with Gasteiger partial charge in [-0.3, -0.25) is 19.7 Å². The second-order valence-electron chi connectivity index (χ2n) is 6.56. The number of carbonyl (C=O) groups is 4. The van der Waals surface area contributed by atoms with Crippen LogP contribution in [0.25, 0.3) is 0 Å². The van der Waals surface area contributed by atoms with E-state index in [-0.39, 0.29) is 12.8 Å². The molecule has 2 aromatic rings. The topological polar surface area (TPSA) is 123 Å². The Bertz CT molecular complexity index is 947. The monoisotopic (exact) mass is 411 g/mol. The molecule has 0 bridgehead atoms. The molecule has 30 heavy (non-hydrogen) atoms. The molecule has 0 unspecified atom stereocenters. The van der Waals surface area contributed by atoms with Crippen LogP contribution in [-0.4, -0.2) is 37.0 Å². The van der Waals surface area contributed by atoms with Gasteiger partial charge in [-0.25, -0.2) is 4.79 Å². The third-order valence-corrected chi connectivity index (χ3v) is 4.42. The normalized spacial score (nSPS) is 16.2. The van der Waals surface area contributed by atoms with Crippen molar-refractivity contribution < 1.29 is 28.7 Å². The summed E-state index contributed by atoms with van der Waals surface area (Å²) in [6.45, 7) is 0. The number of hydrogen-bond donors (Lipinski definition) is 3. The molecule has 1 aliphatic heterocycles. The first-order valence-corrected chi connectivity index (χ1v) is 9.27. The fourth-order valence-electron chi connectivity index (χ4n) is 2.92. The van der Waals surface area contributed by atoms with Crippen LogP contribution in [0.5, 0.6) is 5.75 Å². The van der Waals surface area contributed by atoms with E-state index in [1.54, 1.807) is 54.6 Å². The molecule has 9 heteroatoms. The lowest BCUT2D eigenvalue weighted by Crippen LogP contribution is -2.30. The number of urea groups is 1. The fourth-order valence-corrected chi connectivity index (χ4v) is 2.92. The summed E-state index contributed by atoms with van der Waals surface area (Å²) in [5, 5.41) is 7.22. The molecule has 2 atom stereocenters. The standard InChI is InChI=1S/C21H21N3O6/c1-29-15-9-5-8-14(12-15)22-20(27)18(13-6-3-2-4-7-13)30-17(25)11-10-16-19(26)24-21(28)23-16/h2-9,12,16,18H,10-11H2,1H3,(H,22,27)(H2,23,24,26,28)/t16-,18-/m1/s1. The molecule has 3 rings (SSSR count). The Kier molecular flexibility index (Phi) is 6.63. The van der Waals surface area contributed by atoms with E-state index in [9.17, 15) is 19.2 Å². The van der Waals surface area contributed by atoms with Crippen LogP contribution >= 0.6 is 0 Å². The molecule has 0 aliphatic carbocycles. The number of methoxy groups -OCH3 is 1. The Morgan fingerprint density at radius 1 is 1.10 bits per heavy atom. The lowest BCUT2D eigenvalue weighted by atomic mass is 10.1. The fraction of sp³-hybridized carbons (Fsp3) is 0.238. The molecular weight excluding hydrogens is 390 g/mol. The molecule has 0 radical (unpaired) electrons. The number of esters is 1. The first-order valence-electron chi connectivity index (χ1n) is 9.27. The van der Waals surface area contributed by atoms with Gasteiger partial charge in [-0.15, -0.1) is 0 Å². The average Bonchev–Trinajstić information content (AvgIpc) is 3.08. The van der Waals surface area contributed by atoms with E-state index in [1.165, 1.54) is 7.11 Å². The molecule has 3 N–H and O–H groups in total. The van der Waals surface area contributed by atoms with Crippen LogP contribution in [0.15, 0.2) is 54.6 Å². The summed E-state index contributed by atoms with van der Waals surface area (Å²) < 4.78 is 10.6. The number of rotatable bonds is 8. The molecule has 156 valence electrons. The molecule has 1 heterocycles. The molecule has 2 aromatic carbocycles. The minimum Gasteiger partial charge on any atom is -0.497 e. The SMILES string of the molecule is COc1cccc(NC(=O)[C@H](OC(=O)CC[C@H]2NC(=O)NC2=O)c2ccccc2)c1. The molecule has 0 aromatic heterocycles. The highest BCUT2D eigenvalue weighted by molar-refractivity contribution is 6.04. The maximum atomic E-state index is 12.9. The number of benzene rings is 2. The number of anilines is 1. The van der Waals surface area contributed by atoms with Gasteiger partial charge in [0, 0.05) is 23.7 Å². The third kappa shape index (κ3) is 5.34. The summed E-state index contributed by atoms with van der Waals surface area (Å²) >= 11 is 0. The van der Waals surface area contributed by atoms with Gasteiger partial charge >= 0.3 is 12.0 Å². The highest BCUT2D eigenvalue weighted by atomic mass is 16.5. The third-order valence-electron chi connectivity index (χ3n) is 4.42. The lowest BCUT2D eigenvalue weighted by molar-refractivity contribution is -0.155. The second kappa shape index (κ2) is 9.55. The predicted molar refractivity (Wildman–Crippen MR) is 107 cm³/mol. The van der Waals surface area contributed by atoms with Crippen LogP contribution in [0.2, 0.25) is 0 Å². The molecule has 1 fully saturated rings. The van der Waals surface area contributed by atoms with Gasteiger partial charge < -0.3 is 20.1 Å². The summed E-state index contributed by atoms with van der Waals surface area (Å²) in [6, 6.07) is 14.0. The van der Waals surface area contributed by atoms with Gasteiger partial charge in [-0.05, 0) is 18.6 Å². The van der Waals surface area contributed by atoms with Crippen molar-refractivity contribution in [2.45, 2.75) is 25.0 Å². The molecule has 0 saturated carbocycles. The van der Waals surface area contributed by atoms with Crippen molar-refractivity contribution in [2.24, 2.45) is 0 Å². The Morgan fingerprint density at radius 2 is 1.87 bits per heavy atom. The van der Waals surface area contributed by atoms with E-state index in [4.69, 9.17) is 9.47 Å². The van der Waals surface area contributed by atoms with Crippen molar-refractivity contribution in [3.05, 3.63) is 60.2 Å². The maximum absolute atomic E-state index is 12.9. The van der Waals surface area contributed by atoms with E-state index in [2.05, 4.69) is 16.0 Å². The van der Waals surface area contributed by atoms with Crippen molar-refractivity contribution in [3.63, 3.8) is 0 Å². The summed E-state index contributed by atoms with van der Waals surface area (Å²) in [6.07, 6.45) is -1.26. The summed E-state index contributed by atoms with van der Waals surface area (Å²) in [5.41, 5.74) is 0.986. The van der Waals surface area contributed by atoms with Crippen LogP contribution < -0.4 is 20.7 Å². The van der Waals surface area contributed by atoms with Gasteiger partial charge in [0.25, 0.3) is 11.8 Å². The average molecular weight is 411 g/mol. The molecule has 0 spiro atoms. The van der Waals surface area contributed by atoms with Gasteiger partial charge in [0.1, 0.15) is 11.8 Å². The van der Waals surface area contributed by atoms with Gasteiger partial charge in [0.2, 0.25) is 6.10 Å². The van der Waals surface area contributed by atoms with Crippen molar-refractivity contribution >= 4 is 29.5 Å². The number of carbonyl (C=O) groups excluding carboxylic acids is 4. The molecule has 9 nitrogen and oxygen atoms in total. The smallest absolute Gasteiger partial charge is 0.322 e. The first kappa shape index (κ1) is 20.8. The van der Waals surface area contributed by atoms with Crippen molar-refractivity contribution in [2.75, 3.05) is 12.4 Å². The molecule has 1 aliphatic rings. The van der Waals surface area contributed by atoms with Gasteiger partial charge in [-0.1, -0.05) is 36.4 Å². The molecule has 4 amide bonds. The van der Waals surface area contributed by atoms with Crippen LogP contribution in [0.3, 0.4) is 0 Å². The Morgan fingerprint density at radius 3 is 2.53 bits per heavy atom. The van der Waals surface area contributed by atoms with Crippen LogP contribution in [0, 0.1) is 0 Å². The lowest BCUT2D eigenvalue weighted by Gasteiger charge is -2.18. The van der Waals surface area contributed by atoms with E-state index in [1.807, 2.05) is 0 Å². The number of amides is 4. The number of imide groups is 1. The number of nitrogens with one attached hydrogen (secondary N) is 3. The predicted octanol–water partition coefficient (Wildman–Crippen LogP) is 1.91. The maximum Gasteiger partial charge on any atom is 0.322 e. The van der Waals surface area contributed by atoms with Crippen LogP contribution in [-0.2, 0) is 19.1 Å². The minimum absolute atomic E-state index is 0.0649. The summed E-state index contributed by atoms with van der Waals surface area (Å²) in [7, 11) is 1.52. The highest BCUT2D eigenvalue weighted by Crippen LogP contribution is 2.23. The first-order chi connectivity index (χ1) is 14.5. The van der Waals surface area contributed by atoms with Crippen molar-refractivity contribution in [1.82, 2.24) is 10.6 Å². The Labute approximate surface area is 172 Å². The van der Waals surface area contributed by atoms with Gasteiger partial charge in [0.15, 0.2) is 0 Å². The number of hydrogen-bond acceptors (Lipinski definition) is 6. The van der Waals surface area contributed by atoms with E-state index in [0.29, 0.717) is 17.0 Å². The zero-order valence-corrected chi connectivity index (χ0v) is 16.2. The quantitative estimate of drug-likeness (QED) is 0.450. The molecule has 1 saturated heterocycles. The van der Waals surface area contributed by atoms with Crippen molar-refractivity contribution in [3.8, 4) is 5.75 Å². The Hall–Kier alpha value is -3.88. The second-order valence-corrected chi connectivity index (χ2v) is 6.56. The summed E-state index contributed by atoms with van der Waals surface area (Å²) in [4.78, 5) is 48.0. The van der Waals surface area contributed by atoms with Crippen LogP contribution in [0.1, 0.15) is 24.5 Å². The summed E-state index contributed by atoms with van der Waals surface area (Å²) in [5.74, 6) is -1.13. The number of ether oxygens (including phenoxy) is 2. The van der Waals surface area contributed by atoms with Crippen molar-refractivity contribution in [1.29, 1.82) is 0 Å². The van der Waals surface area contributed by atoms with Gasteiger partial charge in [0.05, 0.1) is 7.11 Å². The van der Waals surface area contributed by atoms with E-state index in [0.717, 1.165) is 0 Å². The highest BCUT2D eigenvalue weighted by Gasteiger charge is 2.31. The van der Waals surface area contributed by atoms with E-state index >= 15 is 0 Å². The zero-order chi connectivity index (χ0) is 21.5. The van der Waals surface area contributed by atoms with Crippen LogP contribution in [0.4, 0.5) is 10.5 Å². The van der Waals surface area contributed by atoms with E-state index < -0.39 is 36.0 Å². The zero-order valence-electron chi connectivity index (χ0n) is 16.2. The molecular formula is C21H21N3O6. The largest absolute Gasteiger partial charge is 0.497 e. The minimum atomic E-state index is -1.18. The Balaban J connectivity index is 1.67.